The van der Waals surface area contributed by atoms with Crippen molar-refractivity contribution < 1.29 is 13.2 Å². The van der Waals surface area contributed by atoms with E-state index < -0.39 is 11.7 Å². The van der Waals surface area contributed by atoms with Crippen LogP contribution in [-0.4, -0.2) is 9.97 Å². The Bertz CT molecular complexity index is 831. The molecular weight excluding hydrogens is 381 g/mol. The molecule has 0 bridgehead atoms. The zero-order valence-corrected chi connectivity index (χ0v) is 14.0. The van der Waals surface area contributed by atoms with Crippen molar-refractivity contribution in [2.24, 2.45) is 0 Å². The van der Waals surface area contributed by atoms with Crippen LogP contribution in [0.3, 0.4) is 0 Å². The summed E-state index contributed by atoms with van der Waals surface area (Å²) in [5, 5.41) is 0.605. The predicted molar refractivity (Wildman–Crippen MR) is 90.5 cm³/mol. The van der Waals surface area contributed by atoms with Gasteiger partial charge in [0.1, 0.15) is 0 Å². The first-order chi connectivity index (χ1) is 11.5. The zero-order chi connectivity index (χ0) is 17.2. The van der Waals surface area contributed by atoms with E-state index in [0.717, 1.165) is 11.6 Å². The normalized spacial score (nSPS) is 11.5. The number of alkyl halides is 4. The highest BCUT2D eigenvalue weighted by molar-refractivity contribution is 9.08. The molecule has 0 saturated carbocycles. The Hall–Kier alpha value is -2.21. The lowest BCUT2D eigenvalue weighted by atomic mass is 9.97. The van der Waals surface area contributed by atoms with Crippen LogP contribution < -0.4 is 0 Å². The summed E-state index contributed by atoms with van der Waals surface area (Å²) >= 11 is 3.29. The highest BCUT2D eigenvalue weighted by Gasteiger charge is 2.34. The third-order valence-electron chi connectivity index (χ3n) is 3.59. The van der Waals surface area contributed by atoms with Gasteiger partial charge < -0.3 is 0 Å². The summed E-state index contributed by atoms with van der Waals surface area (Å²) < 4.78 is 40.6. The summed E-state index contributed by atoms with van der Waals surface area (Å²) in [5.74, 6) is 0. The minimum atomic E-state index is -4.46. The van der Waals surface area contributed by atoms with Crippen molar-refractivity contribution in [3.05, 3.63) is 72.2 Å². The number of hydrogen-bond donors (Lipinski definition) is 0. The van der Waals surface area contributed by atoms with Crippen LogP contribution in [0.5, 0.6) is 0 Å². The van der Waals surface area contributed by atoms with Crippen LogP contribution in [-0.2, 0) is 11.5 Å². The summed E-state index contributed by atoms with van der Waals surface area (Å²) in [6, 6.07) is 11.0. The number of rotatable bonds is 3. The first-order valence-corrected chi connectivity index (χ1v) is 8.24. The molecule has 0 radical (unpaired) electrons. The van der Waals surface area contributed by atoms with Gasteiger partial charge in [-0.2, -0.15) is 13.2 Å². The molecule has 122 valence electrons. The molecule has 2 heterocycles. The molecule has 0 N–H and O–H groups in total. The number of nitrogens with zero attached hydrogens (tertiary/aromatic N) is 2. The maximum absolute atomic E-state index is 13.5. The second-order valence-electron chi connectivity index (χ2n) is 5.18. The third-order valence-corrected chi connectivity index (χ3v) is 4.24. The SMILES string of the molecule is FC(F)(F)c1cc(-c2ccncc2)ccc1-c1ccc(CBr)cn1. The fraction of sp³-hybridized carbons (Fsp3) is 0.111. The third kappa shape index (κ3) is 3.48. The largest absolute Gasteiger partial charge is 0.417 e. The van der Waals surface area contributed by atoms with Gasteiger partial charge >= 0.3 is 6.18 Å². The molecule has 0 aliphatic rings. The van der Waals surface area contributed by atoms with Gasteiger partial charge in [0.25, 0.3) is 0 Å². The first kappa shape index (κ1) is 16.6. The van der Waals surface area contributed by atoms with Crippen LogP contribution in [0.4, 0.5) is 13.2 Å². The Kier molecular flexibility index (Phi) is 4.66. The van der Waals surface area contributed by atoms with E-state index in [0.29, 0.717) is 22.2 Å². The van der Waals surface area contributed by atoms with Crippen LogP contribution in [0.25, 0.3) is 22.4 Å². The summed E-state index contributed by atoms with van der Waals surface area (Å²) in [4.78, 5) is 8.04. The molecule has 2 nitrogen and oxygen atoms in total. The maximum Gasteiger partial charge on any atom is 0.417 e. The molecule has 0 unspecified atom stereocenters. The van der Waals surface area contributed by atoms with E-state index in [9.17, 15) is 13.2 Å². The van der Waals surface area contributed by atoms with Crippen molar-refractivity contribution in [2.45, 2.75) is 11.5 Å². The number of benzene rings is 1. The van der Waals surface area contributed by atoms with Gasteiger partial charge in [0.15, 0.2) is 0 Å². The van der Waals surface area contributed by atoms with Gasteiger partial charge in [-0.15, -0.1) is 0 Å². The topological polar surface area (TPSA) is 25.8 Å². The minimum absolute atomic E-state index is 0.0708. The number of aromatic nitrogens is 2. The van der Waals surface area contributed by atoms with Crippen molar-refractivity contribution in [1.82, 2.24) is 9.97 Å². The Morgan fingerprint density at radius 2 is 1.67 bits per heavy atom. The second kappa shape index (κ2) is 6.73. The van der Waals surface area contributed by atoms with Crippen LogP contribution >= 0.6 is 15.9 Å². The van der Waals surface area contributed by atoms with E-state index in [1.165, 1.54) is 6.07 Å². The highest BCUT2D eigenvalue weighted by atomic mass is 79.9. The van der Waals surface area contributed by atoms with Gasteiger partial charge in [-0.25, -0.2) is 0 Å². The molecule has 2 aromatic heterocycles. The molecule has 3 aromatic rings. The van der Waals surface area contributed by atoms with Crippen LogP contribution in [0, 0.1) is 0 Å². The van der Waals surface area contributed by atoms with E-state index in [2.05, 4.69) is 25.9 Å². The second-order valence-corrected chi connectivity index (χ2v) is 5.74. The molecule has 0 saturated heterocycles. The molecule has 0 atom stereocenters. The monoisotopic (exact) mass is 392 g/mol. The zero-order valence-electron chi connectivity index (χ0n) is 12.4. The van der Waals surface area contributed by atoms with Crippen molar-refractivity contribution in [3.63, 3.8) is 0 Å². The fourth-order valence-electron chi connectivity index (χ4n) is 2.39. The standard InChI is InChI=1S/C18H12BrF3N2/c19-10-12-1-4-17(24-11-12)15-3-2-14(9-16(15)18(20,21)22)13-5-7-23-8-6-13/h1-9,11H,10H2. The van der Waals surface area contributed by atoms with E-state index in [1.54, 1.807) is 48.9 Å². The Morgan fingerprint density at radius 1 is 0.917 bits per heavy atom. The highest BCUT2D eigenvalue weighted by Crippen LogP contribution is 2.38. The van der Waals surface area contributed by atoms with Crippen molar-refractivity contribution in [1.29, 1.82) is 0 Å². The lowest BCUT2D eigenvalue weighted by molar-refractivity contribution is -0.137. The molecule has 24 heavy (non-hydrogen) atoms. The number of halogens is 4. The van der Waals surface area contributed by atoms with Gasteiger partial charge in [0.2, 0.25) is 0 Å². The Labute approximate surface area is 145 Å². The van der Waals surface area contributed by atoms with Crippen molar-refractivity contribution in [3.8, 4) is 22.4 Å². The molecule has 0 aliphatic heterocycles. The number of pyridine rings is 2. The molecule has 0 amide bonds. The molecular formula is C18H12BrF3N2. The van der Waals surface area contributed by atoms with Gasteiger partial charge in [0, 0.05) is 29.5 Å². The van der Waals surface area contributed by atoms with Gasteiger partial charge in [0.05, 0.1) is 11.3 Å². The quantitative estimate of drug-likeness (QED) is 0.532. The molecule has 6 heteroatoms. The molecule has 0 aliphatic carbocycles. The first-order valence-electron chi connectivity index (χ1n) is 7.12. The summed E-state index contributed by atoms with van der Waals surface area (Å²) in [6.45, 7) is 0. The van der Waals surface area contributed by atoms with Gasteiger partial charge in [-0.1, -0.05) is 34.1 Å². The van der Waals surface area contributed by atoms with Gasteiger partial charge in [-0.05, 0) is 41.0 Å². The Morgan fingerprint density at radius 3 is 2.25 bits per heavy atom. The maximum atomic E-state index is 13.5. The summed E-state index contributed by atoms with van der Waals surface area (Å²) in [5.41, 5.74) is 1.75. The number of hydrogen-bond acceptors (Lipinski definition) is 2. The molecule has 0 fully saturated rings. The summed E-state index contributed by atoms with van der Waals surface area (Å²) in [6.07, 6.45) is 0.212. The van der Waals surface area contributed by atoms with Crippen molar-refractivity contribution >= 4 is 15.9 Å². The van der Waals surface area contributed by atoms with Crippen LogP contribution in [0.15, 0.2) is 61.1 Å². The smallest absolute Gasteiger partial charge is 0.265 e. The molecule has 1 aromatic carbocycles. The Balaban J connectivity index is 2.12. The van der Waals surface area contributed by atoms with E-state index in [-0.39, 0.29) is 5.56 Å². The van der Waals surface area contributed by atoms with Crippen LogP contribution in [0.2, 0.25) is 0 Å². The van der Waals surface area contributed by atoms with E-state index in [4.69, 9.17) is 0 Å². The lowest BCUT2D eigenvalue weighted by Gasteiger charge is -2.14. The van der Waals surface area contributed by atoms with Crippen LogP contribution in [0.1, 0.15) is 11.1 Å². The average molecular weight is 393 g/mol. The van der Waals surface area contributed by atoms with E-state index >= 15 is 0 Å². The average Bonchev–Trinajstić information content (AvgIpc) is 2.61. The fourth-order valence-corrected chi connectivity index (χ4v) is 2.72. The predicted octanol–water partition coefficient (Wildman–Crippen LogP) is 5.72. The van der Waals surface area contributed by atoms with E-state index in [1.807, 2.05) is 0 Å². The molecule has 3 rings (SSSR count). The summed E-state index contributed by atoms with van der Waals surface area (Å²) in [7, 11) is 0. The van der Waals surface area contributed by atoms with Crippen molar-refractivity contribution in [2.75, 3.05) is 0 Å². The minimum Gasteiger partial charge on any atom is -0.265 e. The lowest BCUT2D eigenvalue weighted by Crippen LogP contribution is -2.08. The molecule has 0 spiro atoms. The van der Waals surface area contributed by atoms with Gasteiger partial charge in [-0.3, -0.25) is 9.97 Å².